The summed E-state index contributed by atoms with van der Waals surface area (Å²) in [4.78, 5) is 13.2. The molecule has 0 radical (unpaired) electrons. The fourth-order valence-corrected chi connectivity index (χ4v) is 5.16. The number of ether oxygens (including phenoxy) is 1. The van der Waals surface area contributed by atoms with Crippen molar-refractivity contribution in [3.63, 3.8) is 0 Å². The standard InChI is InChI=1S/C33H28N2O4/c1-3-22(13-17-30-34(4-2)33-26-12-8-7-9-23(26)15-16-28(33)38-30)14-18-31-35(21-32(36)37)27-19-24-10-5-6-11-25(24)20-29(27)39-31/h5-20H,3-4,21H2,1-2H3. The van der Waals surface area contributed by atoms with Gasteiger partial charge >= 0.3 is 5.89 Å². The van der Waals surface area contributed by atoms with Crippen LogP contribution in [-0.4, -0.2) is 12.5 Å². The topological polar surface area (TPSA) is 69.6 Å². The number of nitrogens with zero attached hydrogens (tertiary/aromatic N) is 2. The van der Waals surface area contributed by atoms with E-state index in [1.54, 1.807) is 4.90 Å². The van der Waals surface area contributed by atoms with E-state index >= 15 is 0 Å². The zero-order chi connectivity index (χ0) is 26.9. The van der Waals surface area contributed by atoms with Gasteiger partial charge in [0.1, 0.15) is 6.54 Å². The number of benzene rings is 4. The number of rotatable bonds is 7. The third-order valence-corrected chi connectivity index (χ3v) is 7.10. The first-order valence-electron chi connectivity index (χ1n) is 13.2. The molecule has 1 aliphatic heterocycles. The van der Waals surface area contributed by atoms with Crippen LogP contribution in [-0.2, 0) is 11.3 Å². The lowest BCUT2D eigenvalue weighted by Crippen LogP contribution is -2.36. The highest BCUT2D eigenvalue weighted by Gasteiger charge is 2.27. The van der Waals surface area contributed by atoms with Crippen LogP contribution in [0.4, 0.5) is 5.69 Å². The van der Waals surface area contributed by atoms with Crippen molar-refractivity contribution in [2.45, 2.75) is 26.8 Å². The Hall–Kier alpha value is -4.84. The van der Waals surface area contributed by atoms with Gasteiger partial charge in [0.25, 0.3) is 5.52 Å². The molecule has 1 aromatic heterocycles. The number of hydrogen-bond donors (Lipinski definition) is 0. The normalized spacial score (nSPS) is 14.7. The first-order valence-corrected chi connectivity index (χ1v) is 13.2. The Balaban J connectivity index is 1.34. The molecule has 0 spiro atoms. The van der Waals surface area contributed by atoms with Gasteiger partial charge in [0.05, 0.1) is 29.7 Å². The fraction of sp³-hybridized carbons (Fsp3) is 0.152. The molecule has 0 unspecified atom stereocenters. The van der Waals surface area contributed by atoms with Crippen molar-refractivity contribution in [3.8, 4) is 5.75 Å². The highest BCUT2D eigenvalue weighted by atomic mass is 16.5. The molecule has 6 rings (SSSR count). The molecule has 0 bridgehead atoms. The summed E-state index contributed by atoms with van der Waals surface area (Å²) in [5, 5.41) is 16.0. The van der Waals surface area contributed by atoms with Crippen LogP contribution in [0.15, 0.2) is 107 Å². The monoisotopic (exact) mass is 516 g/mol. The second-order valence-corrected chi connectivity index (χ2v) is 9.48. The Kier molecular flexibility index (Phi) is 6.37. The third kappa shape index (κ3) is 4.55. The maximum Gasteiger partial charge on any atom is 0.374 e. The minimum absolute atomic E-state index is 0.300. The van der Waals surface area contributed by atoms with Crippen molar-refractivity contribution >= 4 is 50.4 Å². The van der Waals surface area contributed by atoms with Crippen LogP contribution in [0.1, 0.15) is 26.2 Å². The molecule has 0 atom stereocenters. The van der Waals surface area contributed by atoms with Crippen molar-refractivity contribution in [1.29, 1.82) is 0 Å². The average Bonchev–Trinajstić information content (AvgIpc) is 3.48. The van der Waals surface area contributed by atoms with Crippen LogP contribution in [0.25, 0.3) is 38.7 Å². The average molecular weight is 517 g/mol. The summed E-state index contributed by atoms with van der Waals surface area (Å²) in [5.41, 5.74) is 3.68. The maximum absolute atomic E-state index is 11.6. The van der Waals surface area contributed by atoms with Crippen LogP contribution in [0.5, 0.6) is 5.75 Å². The summed E-state index contributed by atoms with van der Waals surface area (Å²) < 4.78 is 14.5. The molecular weight excluding hydrogens is 488 g/mol. The van der Waals surface area contributed by atoms with E-state index in [1.165, 1.54) is 5.39 Å². The molecule has 6 nitrogen and oxygen atoms in total. The number of oxazole rings is 1. The van der Waals surface area contributed by atoms with E-state index in [2.05, 4.69) is 36.6 Å². The molecule has 2 heterocycles. The smallest absolute Gasteiger partial charge is 0.374 e. The number of carbonyl (C=O) groups excluding carboxylic acids is 1. The zero-order valence-electron chi connectivity index (χ0n) is 21.9. The summed E-state index contributed by atoms with van der Waals surface area (Å²) in [6.07, 6.45) is 8.56. The molecule has 5 aromatic rings. The molecule has 0 aliphatic carbocycles. The number of allylic oxidation sites excluding steroid dienone is 4. The minimum atomic E-state index is -1.17. The number of aryl methyl sites for hydroxylation is 1. The van der Waals surface area contributed by atoms with E-state index < -0.39 is 5.97 Å². The second kappa shape index (κ2) is 10.1. The van der Waals surface area contributed by atoms with E-state index in [0.717, 1.165) is 51.7 Å². The summed E-state index contributed by atoms with van der Waals surface area (Å²) in [7, 11) is 0. The van der Waals surface area contributed by atoms with Crippen LogP contribution in [0, 0.1) is 0 Å². The SMILES string of the molecule is CCC(C=Cc1oc2ccc3ccccc3c2[n+]1CC)=CC=C1Oc2cc3ccccc3cc2N1CC(=O)[O-]. The van der Waals surface area contributed by atoms with Crippen molar-refractivity contribution in [1.82, 2.24) is 0 Å². The minimum Gasteiger partial charge on any atom is -0.548 e. The van der Waals surface area contributed by atoms with Gasteiger partial charge in [0, 0.05) is 0 Å². The predicted octanol–water partition coefficient (Wildman–Crippen LogP) is 5.89. The first-order chi connectivity index (χ1) is 19.1. The number of anilines is 1. The van der Waals surface area contributed by atoms with Gasteiger partial charge in [-0.05, 0) is 71.5 Å². The lowest BCUT2D eigenvalue weighted by Gasteiger charge is -2.18. The van der Waals surface area contributed by atoms with Crippen LogP contribution in [0.3, 0.4) is 0 Å². The highest BCUT2D eigenvalue weighted by Crippen LogP contribution is 2.41. The fourth-order valence-electron chi connectivity index (χ4n) is 5.16. The highest BCUT2D eigenvalue weighted by molar-refractivity contribution is 6.01. The Morgan fingerprint density at radius 3 is 2.46 bits per heavy atom. The van der Waals surface area contributed by atoms with Gasteiger partial charge in [-0.15, -0.1) is 0 Å². The van der Waals surface area contributed by atoms with Gasteiger partial charge in [-0.3, -0.25) is 0 Å². The molecule has 6 heteroatoms. The Bertz CT molecular complexity index is 1830. The van der Waals surface area contributed by atoms with Gasteiger partial charge < -0.3 is 24.0 Å². The van der Waals surface area contributed by atoms with E-state index in [0.29, 0.717) is 17.3 Å². The van der Waals surface area contributed by atoms with Crippen LogP contribution in [0.2, 0.25) is 0 Å². The van der Waals surface area contributed by atoms with Gasteiger partial charge in [-0.25, -0.2) is 0 Å². The second-order valence-electron chi connectivity index (χ2n) is 9.48. The number of fused-ring (bicyclic) bond motifs is 5. The maximum atomic E-state index is 11.6. The summed E-state index contributed by atoms with van der Waals surface area (Å²) >= 11 is 0. The Morgan fingerprint density at radius 2 is 1.72 bits per heavy atom. The summed E-state index contributed by atoms with van der Waals surface area (Å²) in [6.45, 7) is 4.66. The number of carboxylic acid groups (broad SMARTS) is 1. The summed E-state index contributed by atoms with van der Waals surface area (Å²) in [5.74, 6) is 0.668. The number of aromatic nitrogens is 1. The van der Waals surface area contributed by atoms with E-state index in [9.17, 15) is 9.90 Å². The number of hydrogen-bond acceptors (Lipinski definition) is 5. The lowest BCUT2D eigenvalue weighted by atomic mass is 10.1. The summed E-state index contributed by atoms with van der Waals surface area (Å²) in [6, 6.07) is 24.2. The molecular formula is C33H28N2O4. The van der Waals surface area contributed by atoms with Gasteiger partial charge in [0.15, 0.2) is 5.75 Å². The zero-order valence-corrected chi connectivity index (χ0v) is 21.9. The molecule has 0 N–H and O–H groups in total. The van der Waals surface area contributed by atoms with Gasteiger partial charge in [-0.1, -0.05) is 61.5 Å². The number of aliphatic carboxylic acids is 1. The molecule has 4 aromatic carbocycles. The Morgan fingerprint density at radius 1 is 0.974 bits per heavy atom. The van der Waals surface area contributed by atoms with Gasteiger partial charge in [-0.2, -0.15) is 4.57 Å². The molecule has 0 saturated heterocycles. The quantitative estimate of drug-likeness (QED) is 0.199. The lowest BCUT2D eigenvalue weighted by molar-refractivity contribution is -0.673. The largest absolute Gasteiger partial charge is 0.548 e. The molecule has 1 aliphatic rings. The van der Waals surface area contributed by atoms with Crippen molar-refractivity contribution in [2.75, 3.05) is 11.4 Å². The molecule has 0 fully saturated rings. The van der Waals surface area contributed by atoms with E-state index in [4.69, 9.17) is 9.15 Å². The molecule has 0 amide bonds. The third-order valence-electron chi connectivity index (χ3n) is 7.10. The molecule has 194 valence electrons. The molecule has 39 heavy (non-hydrogen) atoms. The van der Waals surface area contributed by atoms with E-state index in [1.807, 2.05) is 78.9 Å². The van der Waals surface area contributed by atoms with Gasteiger partial charge in [0.2, 0.25) is 11.5 Å². The molecule has 0 saturated carbocycles. The van der Waals surface area contributed by atoms with Crippen molar-refractivity contribution in [2.24, 2.45) is 0 Å². The predicted molar refractivity (Wildman–Crippen MR) is 152 cm³/mol. The first kappa shape index (κ1) is 24.5. The Labute approximate surface area is 226 Å². The number of carbonyl (C=O) groups is 1. The van der Waals surface area contributed by atoms with Crippen LogP contribution < -0.4 is 19.3 Å². The van der Waals surface area contributed by atoms with Crippen molar-refractivity contribution in [3.05, 3.63) is 108 Å². The van der Waals surface area contributed by atoms with Crippen molar-refractivity contribution < 1.29 is 23.6 Å². The van der Waals surface area contributed by atoms with E-state index in [-0.39, 0.29) is 6.54 Å². The van der Waals surface area contributed by atoms with Crippen LogP contribution >= 0.6 is 0 Å². The number of carboxylic acids is 1.